The second-order valence-electron chi connectivity index (χ2n) is 4.25. The summed E-state index contributed by atoms with van der Waals surface area (Å²) in [7, 11) is 1.57. The second-order valence-corrected chi connectivity index (χ2v) is 5.54. The summed E-state index contributed by atoms with van der Waals surface area (Å²) >= 11 is 8.24. The van der Waals surface area contributed by atoms with Gasteiger partial charge in [0.25, 0.3) is 5.91 Å². The maximum absolute atomic E-state index is 12.2. The van der Waals surface area contributed by atoms with Crippen LogP contribution in [0.2, 0.25) is 0 Å². The molecule has 4 nitrogen and oxygen atoms in total. The molecule has 0 atom stereocenters. The van der Waals surface area contributed by atoms with E-state index in [9.17, 15) is 4.79 Å². The summed E-state index contributed by atoms with van der Waals surface area (Å²) < 4.78 is 6.01. The number of halogens is 1. The van der Waals surface area contributed by atoms with Crippen LogP contribution in [0.3, 0.4) is 0 Å². The monoisotopic (exact) mass is 364 g/mol. The lowest BCUT2D eigenvalue weighted by Gasteiger charge is -2.09. The molecule has 0 aliphatic carbocycles. The maximum atomic E-state index is 12.2. The molecule has 0 saturated heterocycles. The van der Waals surface area contributed by atoms with Crippen LogP contribution >= 0.6 is 28.1 Å². The molecule has 0 bridgehead atoms. The van der Waals surface area contributed by atoms with Crippen LogP contribution in [0.1, 0.15) is 15.9 Å². The number of hydrogen-bond acceptors (Lipinski definition) is 3. The molecule has 0 fully saturated rings. The first kappa shape index (κ1) is 15.5. The predicted octanol–water partition coefficient (Wildman–Crippen LogP) is 3.34. The third-order valence-electron chi connectivity index (χ3n) is 2.84. The fraction of sp³-hybridized carbons (Fsp3) is 0.0667. The zero-order valence-electron chi connectivity index (χ0n) is 11.2. The minimum absolute atomic E-state index is 0.214. The molecule has 1 amide bonds. The van der Waals surface area contributed by atoms with E-state index < -0.39 is 0 Å². The van der Waals surface area contributed by atoms with Gasteiger partial charge in [-0.25, -0.2) is 0 Å². The number of hydrogen-bond donors (Lipinski definition) is 2. The molecule has 3 N–H and O–H groups in total. The van der Waals surface area contributed by atoms with Crippen LogP contribution in [0.4, 0.5) is 5.69 Å². The number of carbonyl (C=O) groups excluding carboxylic acids is 1. The zero-order chi connectivity index (χ0) is 15.4. The number of benzene rings is 2. The third kappa shape index (κ3) is 3.80. The van der Waals surface area contributed by atoms with Crippen LogP contribution in [-0.4, -0.2) is 18.0 Å². The van der Waals surface area contributed by atoms with Crippen LogP contribution in [0, 0.1) is 0 Å². The number of ether oxygens (including phenoxy) is 1. The highest BCUT2D eigenvalue weighted by Crippen LogP contribution is 2.28. The van der Waals surface area contributed by atoms with Crippen molar-refractivity contribution in [2.24, 2.45) is 5.73 Å². The Balaban J connectivity index is 2.15. The van der Waals surface area contributed by atoms with Crippen molar-refractivity contribution in [1.82, 2.24) is 0 Å². The van der Waals surface area contributed by atoms with Crippen LogP contribution in [0.15, 0.2) is 46.9 Å². The van der Waals surface area contributed by atoms with Gasteiger partial charge in [-0.05, 0) is 40.2 Å². The molecule has 2 aromatic rings. The lowest BCUT2D eigenvalue weighted by atomic mass is 10.1. The van der Waals surface area contributed by atoms with Gasteiger partial charge in [0, 0.05) is 22.9 Å². The van der Waals surface area contributed by atoms with E-state index in [1.807, 2.05) is 6.07 Å². The number of nitrogens with one attached hydrogen (secondary N) is 1. The molecular weight excluding hydrogens is 352 g/mol. The first-order valence-electron chi connectivity index (χ1n) is 6.06. The van der Waals surface area contributed by atoms with Gasteiger partial charge in [0.2, 0.25) is 0 Å². The fourth-order valence-electron chi connectivity index (χ4n) is 1.73. The average molecular weight is 365 g/mol. The zero-order valence-corrected chi connectivity index (χ0v) is 13.6. The van der Waals surface area contributed by atoms with Gasteiger partial charge >= 0.3 is 0 Å². The van der Waals surface area contributed by atoms with Gasteiger partial charge in [0.15, 0.2) is 0 Å². The van der Waals surface area contributed by atoms with Crippen LogP contribution in [0.25, 0.3) is 0 Å². The Morgan fingerprint density at radius 1 is 1.19 bits per heavy atom. The molecule has 108 valence electrons. The number of amides is 1. The van der Waals surface area contributed by atoms with Crippen LogP contribution < -0.4 is 15.8 Å². The van der Waals surface area contributed by atoms with Crippen molar-refractivity contribution < 1.29 is 9.53 Å². The van der Waals surface area contributed by atoms with Crippen molar-refractivity contribution >= 4 is 44.7 Å². The van der Waals surface area contributed by atoms with E-state index in [4.69, 9.17) is 22.7 Å². The SMILES string of the molecule is COc1cc(NC(=O)c2ccc(C(N)=S)cc2)ccc1Br. The van der Waals surface area contributed by atoms with E-state index in [-0.39, 0.29) is 5.91 Å². The summed E-state index contributed by atoms with van der Waals surface area (Å²) in [4.78, 5) is 12.5. The fourth-order valence-corrected chi connectivity index (χ4v) is 2.27. The quantitative estimate of drug-likeness (QED) is 0.816. The van der Waals surface area contributed by atoms with Crippen LogP contribution in [0.5, 0.6) is 5.75 Å². The summed E-state index contributed by atoms with van der Waals surface area (Å²) in [5.41, 5.74) is 7.43. The molecule has 0 unspecified atom stereocenters. The molecular formula is C15H13BrN2O2S. The molecule has 0 aliphatic heterocycles. The Labute approximate surface area is 136 Å². The van der Waals surface area contributed by atoms with Gasteiger partial charge < -0.3 is 15.8 Å². The lowest BCUT2D eigenvalue weighted by Crippen LogP contribution is -2.13. The van der Waals surface area contributed by atoms with E-state index in [0.29, 0.717) is 22.0 Å². The molecule has 2 rings (SSSR count). The molecule has 0 heterocycles. The molecule has 6 heteroatoms. The van der Waals surface area contributed by atoms with Gasteiger partial charge in [-0.2, -0.15) is 0 Å². The van der Waals surface area contributed by atoms with E-state index >= 15 is 0 Å². The summed E-state index contributed by atoms with van der Waals surface area (Å²) in [6.45, 7) is 0. The smallest absolute Gasteiger partial charge is 0.255 e. The summed E-state index contributed by atoms with van der Waals surface area (Å²) in [6.07, 6.45) is 0. The number of anilines is 1. The Morgan fingerprint density at radius 3 is 2.38 bits per heavy atom. The number of rotatable bonds is 4. The molecule has 0 aliphatic rings. The maximum Gasteiger partial charge on any atom is 0.255 e. The van der Waals surface area contributed by atoms with Crippen molar-refractivity contribution in [3.8, 4) is 5.75 Å². The molecule has 0 spiro atoms. The van der Waals surface area contributed by atoms with Gasteiger partial charge in [-0.15, -0.1) is 0 Å². The highest BCUT2D eigenvalue weighted by atomic mass is 79.9. The Bertz CT molecular complexity index is 687. The molecule has 0 radical (unpaired) electrons. The number of methoxy groups -OCH3 is 1. The average Bonchev–Trinajstić information content (AvgIpc) is 2.49. The molecule has 21 heavy (non-hydrogen) atoms. The lowest BCUT2D eigenvalue weighted by molar-refractivity contribution is 0.102. The van der Waals surface area contributed by atoms with Crippen molar-refractivity contribution in [1.29, 1.82) is 0 Å². The summed E-state index contributed by atoms with van der Waals surface area (Å²) in [5.74, 6) is 0.436. The molecule has 0 aromatic heterocycles. The van der Waals surface area contributed by atoms with Gasteiger partial charge in [0.05, 0.1) is 11.6 Å². The normalized spacial score (nSPS) is 10.0. The van der Waals surface area contributed by atoms with Crippen LogP contribution in [-0.2, 0) is 0 Å². The Morgan fingerprint density at radius 2 is 1.81 bits per heavy atom. The first-order valence-corrected chi connectivity index (χ1v) is 7.26. The number of carbonyl (C=O) groups is 1. The summed E-state index contributed by atoms with van der Waals surface area (Å²) in [6, 6.07) is 12.1. The van der Waals surface area contributed by atoms with Gasteiger partial charge in [-0.3, -0.25) is 4.79 Å². The minimum atomic E-state index is -0.214. The van der Waals surface area contributed by atoms with Gasteiger partial charge in [-0.1, -0.05) is 24.4 Å². The second kappa shape index (κ2) is 6.69. The van der Waals surface area contributed by atoms with E-state index in [1.54, 1.807) is 43.5 Å². The number of nitrogens with two attached hydrogens (primary N) is 1. The first-order chi connectivity index (χ1) is 10.0. The van der Waals surface area contributed by atoms with Crippen molar-refractivity contribution in [2.45, 2.75) is 0 Å². The Hall–Kier alpha value is -1.92. The standard InChI is InChI=1S/C15H13BrN2O2S/c1-20-13-8-11(6-7-12(13)16)18-15(19)10-4-2-9(3-5-10)14(17)21/h2-8H,1H3,(H2,17,21)(H,18,19). The topological polar surface area (TPSA) is 64.3 Å². The van der Waals surface area contributed by atoms with Gasteiger partial charge in [0.1, 0.15) is 10.7 Å². The van der Waals surface area contributed by atoms with Crippen molar-refractivity contribution in [3.63, 3.8) is 0 Å². The van der Waals surface area contributed by atoms with E-state index in [2.05, 4.69) is 21.2 Å². The predicted molar refractivity (Wildman–Crippen MR) is 91.0 cm³/mol. The highest BCUT2D eigenvalue weighted by Gasteiger charge is 2.08. The van der Waals surface area contributed by atoms with E-state index in [1.165, 1.54) is 0 Å². The third-order valence-corrected chi connectivity index (χ3v) is 3.73. The Kier molecular flexibility index (Phi) is 4.93. The number of thiocarbonyl (C=S) groups is 1. The molecule has 2 aromatic carbocycles. The summed E-state index contributed by atoms with van der Waals surface area (Å²) in [5, 5.41) is 2.80. The highest BCUT2D eigenvalue weighted by molar-refractivity contribution is 9.10. The minimum Gasteiger partial charge on any atom is -0.495 e. The largest absolute Gasteiger partial charge is 0.495 e. The molecule has 0 saturated carbocycles. The van der Waals surface area contributed by atoms with Crippen molar-refractivity contribution in [2.75, 3.05) is 12.4 Å². The van der Waals surface area contributed by atoms with Crippen molar-refractivity contribution in [3.05, 3.63) is 58.1 Å². The van der Waals surface area contributed by atoms with E-state index in [0.717, 1.165) is 10.0 Å².